The van der Waals surface area contributed by atoms with E-state index in [1.54, 1.807) is 42.7 Å². The lowest BCUT2D eigenvalue weighted by Gasteiger charge is -2.39. The molecule has 0 N–H and O–H groups in total. The van der Waals surface area contributed by atoms with Gasteiger partial charge >= 0.3 is 6.61 Å². The fraction of sp³-hybridized carbons (Fsp3) is 0.333. The molecule has 1 fully saturated rings. The molecule has 196 valence electrons. The fourth-order valence-corrected chi connectivity index (χ4v) is 5.17. The molecule has 2 heterocycles. The zero-order chi connectivity index (χ0) is 26.4. The molecular weight excluding hydrogens is 500 g/mol. The van der Waals surface area contributed by atoms with E-state index >= 15 is 0 Å². The normalized spacial score (nSPS) is 15.0. The molecule has 4 rings (SSSR count). The van der Waals surface area contributed by atoms with Gasteiger partial charge in [-0.25, -0.2) is 8.42 Å². The minimum absolute atomic E-state index is 0.0499. The van der Waals surface area contributed by atoms with Crippen LogP contribution in [-0.2, 0) is 22.9 Å². The van der Waals surface area contributed by atoms with Crippen LogP contribution in [-0.4, -0.2) is 61.1 Å². The number of hydrogen-bond donors (Lipinski definition) is 0. The van der Waals surface area contributed by atoms with Crippen molar-refractivity contribution in [3.63, 3.8) is 0 Å². The summed E-state index contributed by atoms with van der Waals surface area (Å²) >= 11 is 0. The molecule has 1 aliphatic rings. The van der Waals surface area contributed by atoms with Crippen molar-refractivity contribution in [3.8, 4) is 5.75 Å². The number of benzene rings is 2. The number of sulfone groups is 1. The van der Waals surface area contributed by atoms with Crippen LogP contribution in [0.25, 0.3) is 0 Å². The van der Waals surface area contributed by atoms with Crippen molar-refractivity contribution in [1.82, 2.24) is 14.8 Å². The van der Waals surface area contributed by atoms with Crippen molar-refractivity contribution < 1.29 is 26.7 Å². The van der Waals surface area contributed by atoms with E-state index in [1.165, 1.54) is 18.2 Å². The average molecular weight is 530 g/mol. The summed E-state index contributed by atoms with van der Waals surface area (Å²) in [7, 11) is -3.37. The van der Waals surface area contributed by atoms with Crippen LogP contribution in [0.1, 0.15) is 34.3 Å². The van der Waals surface area contributed by atoms with Crippen molar-refractivity contribution >= 4 is 15.7 Å². The number of alkyl halides is 2. The third-order valence-corrected chi connectivity index (χ3v) is 7.57. The van der Waals surface area contributed by atoms with E-state index in [0.717, 1.165) is 11.8 Å². The van der Waals surface area contributed by atoms with Gasteiger partial charge in [-0.05, 0) is 54.8 Å². The van der Waals surface area contributed by atoms with Crippen molar-refractivity contribution in [2.45, 2.75) is 43.5 Å². The van der Waals surface area contributed by atoms with Gasteiger partial charge in [0.1, 0.15) is 5.75 Å². The second-order valence-electron chi connectivity index (χ2n) is 9.08. The zero-order valence-electron chi connectivity index (χ0n) is 20.5. The number of hydrogen-bond acceptors (Lipinski definition) is 6. The maximum absolute atomic E-state index is 13.6. The van der Waals surface area contributed by atoms with E-state index in [1.807, 2.05) is 17.0 Å². The highest BCUT2D eigenvalue weighted by atomic mass is 32.2. The number of aromatic nitrogens is 1. The molecule has 0 spiro atoms. The standard InChI is InChI=1S/C27H29F2N3O4S/c1-37(34,35)24-10-8-21(9-11-24)26(33)32(18-20-5-4-14-30-17-20)23-12-15-31(16-13-23)19-22-6-2-3-7-25(22)36-27(28)29/h2-11,14,17,23,27H,12-13,15-16,18-19H2,1H3. The summed E-state index contributed by atoms with van der Waals surface area (Å²) < 4.78 is 53.9. The van der Waals surface area contributed by atoms with Crippen LogP contribution in [0.15, 0.2) is 78.0 Å². The van der Waals surface area contributed by atoms with E-state index in [0.29, 0.717) is 50.1 Å². The summed E-state index contributed by atoms with van der Waals surface area (Å²) in [6.45, 7) is -0.685. The zero-order valence-corrected chi connectivity index (χ0v) is 21.3. The van der Waals surface area contributed by atoms with Crippen molar-refractivity contribution in [1.29, 1.82) is 0 Å². The Kier molecular flexibility index (Phi) is 8.50. The third kappa shape index (κ3) is 7.11. The van der Waals surface area contributed by atoms with Gasteiger partial charge in [-0.2, -0.15) is 8.78 Å². The first kappa shape index (κ1) is 26.7. The van der Waals surface area contributed by atoms with Crippen LogP contribution in [0.5, 0.6) is 5.75 Å². The van der Waals surface area contributed by atoms with E-state index in [-0.39, 0.29) is 22.6 Å². The Hall–Kier alpha value is -3.37. The number of rotatable bonds is 9. The molecule has 0 radical (unpaired) electrons. The lowest BCUT2D eigenvalue weighted by atomic mass is 10.00. The van der Waals surface area contributed by atoms with Crippen molar-refractivity contribution in [2.75, 3.05) is 19.3 Å². The molecule has 2 aromatic carbocycles. The number of para-hydroxylation sites is 1. The van der Waals surface area contributed by atoms with Crippen LogP contribution < -0.4 is 4.74 Å². The fourth-order valence-electron chi connectivity index (χ4n) is 4.54. The summed E-state index contributed by atoms with van der Waals surface area (Å²) in [6, 6.07) is 16.5. The van der Waals surface area contributed by atoms with Gasteiger partial charge in [0.05, 0.1) is 4.90 Å². The average Bonchev–Trinajstić information content (AvgIpc) is 2.88. The Balaban J connectivity index is 1.48. The lowest BCUT2D eigenvalue weighted by molar-refractivity contribution is -0.0508. The number of carbonyl (C=O) groups is 1. The largest absolute Gasteiger partial charge is 0.434 e. The van der Waals surface area contributed by atoms with E-state index < -0.39 is 16.4 Å². The van der Waals surface area contributed by atoms with Gasteiger partial charge in [0.2, 0.25) is 0 Å². The number of nitrogens with zero attached hydrogens (tertiary/aromatic N) is 3. The summed E-state index contributed by atoms with van der Waals surface area (Å²) in [5, 5.41) is 0. The minimum Gasteiger partial charge on any atom is -0.434 e. The highest BCUT2D eigenvalue weighted by Crippen LogP contribution is 2.26. The number of halogens is 2. The second kappa shape index (κ2) is 11.8. The Morgan fingerprint density at radius 1 is 1.08 bits per heavy atom. The van der Waals surface area contributed by atoms with Gasteiger partial charge < -0.3 is 9.64 Å². The van der Waals surface area contributed by atoms with Crippen LogP contribution in [0.3, 0.4) is 0 Å². The van der Waals surface area contributed by atoms with Crippen LogP contribution in [0.4, 0.5) is 8.78 Å². The third-order valence-electron chi connectivity index (χ3n) is 6.45. The molecule has 1 saturated heterocycles. The molecule has 37 heavy (non-hydrogen) atoms. The molecule has 1 aliphatic heterocycles. The first-order valence-electron chi connectivity index (χ1n) is 12.0. The molecule has 10 heteroatoms. The van der Waals surface area contributed by atoms with Crippen LogP contribution in [0, 0.1) is 0 Å². The molecule has 0 atom stereocenters. The molecule has 3 aromatic rings. The highest BCUT2D eigenvalue weighted by molar-refractivity contribution is 7.90. The molecule has 0 aliphatic carbocycles. The quantitative estimate of drug-likeness (QED) is 0.409. The predicted octanol–water partition coefficient (Wildman–Crippen LogP) is 4.39. The molecule has 7 nitrogen and oxygen atoms in total. The van der Waals surface area contributed by atoms with Crippen molar-refractivity contribution in [2.24, 2.45) is 0 Å². The molecule has 1 amide bonds. The molecule has 0 unspecified atom stereocenters. The van der Waals surface area contributed by atoms with Gasteiger partial charge in [0, 0.05) is 62.0 Å². The van der Waals surface area contributed by atoms with E-state index in [9.17, 15) is 22.0 Å². The Bertz CT molecular complexity index is 1300. The molecule has 0 saturated carbocycles. The molecule has 1 aromatic heterocycles. The van der Waals surface area contributed by atoms with Crippen LogP contribution in [0.2, 0.25) is 0 Å². The topological polar surface area (TPSA) is 79.8 Å². The number of pyridine rings is 1. The summed E-state index contributed by atoms with van der Waals surface area (Å²) in [5.41, 5.74) is 2.00. The minimum atomic E-state index is -3.37. The van der Waals surface area contributed by atoms with Gasteiger partial charge in [0.15, 0.2) is 9.84 Å². The monoisotopic (exact) mass is 529 g/mol. The first-order chi connectivity index (χ1) is 17.7. The maximum atomic E-state index is 13.6. The maximum Gasteiger partial charge on any atom is 0.387 e. The number of likely N-dealkylation sites (tertiary alicyclic amines) is 1. The number of amides is 1. The van der Waals surface area contributed by atoms with Gasteiger partial charge in [-0.15, -0.1) is 0 Å². The highest BCUT2D eigenvalue weighted by Gasteiger charge is 2.29. The summed E-state index contributed by atoms with van der Waals surface area (Å²) in [6.07, 6.45) is 5.93. The number of carbonyl (C=O) groups excluding carboxylic acids is 1. The van der Waals surface area contributed by atoms with Crippen LogP contribution >= 0.6 is 0 Å². The first-order valence-corrected chi connectivity index (χ1v) is 13.8. The molecular formula is C27H29F2N3O4S. The van der Waals surface area contributed by atoms with Gasteiger partial charge in [0.25, 0.3) is 5.91 Å². The summed E-state index contributed by atoms with van der Waals surface area (Å²) in [5.74, 6) is -0.0106. The Morgan fingerprint density at radius 2 is 1.78 bits per heavy atom. The van der Waals surface area contributed by atoms with Crippen molar-refractivity contribution in [3.05, 3.63) is 89.7 Å². The Labute approximate surface area is 215 Å². The predicted molar refractivity (Wildman–Crippen MR) is 135 cm³/mol. The SMILES string of the molecule is CS(=O)(=O)c1ccc(C(=O)N(Cc2cccnc2)C2CCN(Cc3ccccc3OC(F)F)CC2)cc1. The lowest BCUT2D eigenvalue weighted by Crippen LogP contribution is -2.47. The van der Waals surface area contributed by atoms with E-state index in [2.05, 4.69) is 14.6 Å². The van der Waals surface area contributed by atoms with E-state index in [4.69, 9.17) is 0 Å². The van der Waals surface area contributed by atoms with Gasteiger partial charge in [-0.3, -0.25) is 14.7 Å². The number of piperidine rings is 1. The summed E-state index contributed by atoms with van der Waals surface area (Å²) in [4.78, 5) is 21.9. The van der Waals surface area contributed by atoms with Gasteiger partial charge in [-0.1, -0.05) is 24.3 Å². The second-order valence-corrected chi connectivity index (χ2v) is 11.1. The smallest absolute Gasteiger partial charge is 0.387 e. The molecule has 0 bridgehead atoms. The number of ether oxygens (including phenoxy) is 1. The Morgan fingerprint density at radius 3 is 2.41 bits per heavy atom.